The first-order valence-electron chi connectivity index (χ1n) is 7.77. The van der Waals surface area contributed by atoms with E-state index < -0.39 is 0 Å². The topological polar surface area (TPSA) is 62.3 Å². The van der Waals surface area contributed by atoms with E-state index in [1.165, 1.54) is 34.2 Å². The molecule has 1 N–H and O–H groups in total. The van der Waals surface area contributed by atoms with Crippen LogP contribution in [0, 0.1) is 13.8 Å². The van der Waals surface area contributed by atoms with Crippen molar-refractivity contribution in [3.8, 4) is 11.3 Å². The van der Waals surface area contributed by atoms with Crippen molar-refractivity contribution < 1.29 is 9.59 Å². The van der Waals surface area contributed by atoms with E-state index in [0.717, 1.165) is 23.6 Å². The molecule has 1 fully saturated rings. The molecule has 0 saturated carbocycles. The number of carbonyl (C=O) groups excluding carboxylic acids is 2. The van der Waals surface area contributed by atoms with E-state index in [9.17, 15) is 9.59 Å². The lowest BCUT2D eigenvalue weighted by molar-refractivity contribution is -0.116. The van der Waals surface area contributed by atoms with E-state index in [1.807, 2.05) is 5.38 Å². The molecule has 0 unspecified atom stereocenters. The first kappa shape index (κ1) is 17.0. The van der Waals surface area contributed by atoms with Crippen LogP contribution in [0.2, 0.25) is 0 Å². The number of rotatable bonds is 5. The minimum atomic E-state index is -0.110. The standard InChI is InChI=1S/C17H19N3O2S2/c1-11-3-4-13(12(2)9-11)14-10-24-16(18-14)19-15(21)5-6-20-7-8-23-17(20)22/h3-4,9-10H,5-8H2,1-2H3,(H,18,19,21). The Hall–Kier alpha value is -1.86. The highest BCUT2D eigenvalue weighted by molar-refractivity contribution is 8.13. The van der Waals surface area contributed by atoms with Gasteiger partial charge in [-0.05, 0) is 19.4 Å². The van der Waals surface area contributed by atoms with Gasteiger partial charge in [-0.2, -0.15) is 0 Å². The van der Waals surface area contributed by atoms with Crippen LogP contribution < -0.4 is 5.32 Å². The number of thiazole rings is 1. The average Bonchev–Trinajstić information content (AvgIpc) is 3.14. The van der Waals surface area contributed by atoms with Crippen molar-refractivity contribution in [2.24, 2.45) is 0 Å². The Bertz CT molecular complexity index is 773. The van der Waals surface area contributed by atoms with E-state index >= 15 is 0 Å². The Morgan fingerprint density at radius 1 is 1.38 bits per heavy atom. The Labute approximate surface area is 149 Å². The van der Waals surface area contributed by atoms with Crippen LogP contribution in [-0.4, -0.2) is 39.9 Å². The Balaban J connectivity index is 1.59. The number of benzene rings is 1. The van der Waals surface area contributed by atoms with Crippen LogP contribution in [0.5, 0.6) is 0 Å². The van der Waals surface area contributed by atoms with E-state index in [4.69, 9.17) is 0 Å². The second-order valence-electron chi connectivity index (χ2n) is 5.76. The summed E-state index contributed by atoms with van der Waals surface area (Å²) in [6.45, 7) is 5.32. The Morgan fingerprint density at radius 2 is 2.21 bits per heavy atom. The molecule has 2 heterocycles. The quantitative estimate of drug-likeness (QED) is 0.877. The molecule has 126 valence electrons. The van der Waals surface area contributed by atoms with Crippen LogP contribution in [0.15, 0.2) is 23.6 Å². The number of hydrogen-bond acceptors (Lipinski definition) is 5. The molecular formula is C17H19N3O2S2. The molecule has 0 atom stereocenters. The number of thioether (sulfide) groups is 1. The Morgan fingerprint density at radius 3 is 2.92 bits per heavy atom. The number of carbonyl (C=O) groups is 2. The van der Waals surface area contributed by atoms with E-state index in [-0.39, 0.29) is 11.1 Å². The van der Waals surface area contributed by atoms with Gasteiger partial charge >= 0.3 is 0 Å². The van der Waals surface area contributed by atoms with Gasteiger partial charge in [0, 0.05) is 36.2 Å². The molecule has 3 rings (SSSR count). The summed E-state index contributed by atoms with van der Waals surface area (Å²) in [6.07, 6.45) is 0.296. The maximum Gasteiger partial charge on any atom is 0.281 e. The van der Waals surface area contributed by atoms with Crippen LogP contribution in [0.1, 0.15) is 17.5 Å². The number of aromatic nitrogens is 1. The van der Waals surface area contributed by atoms with Crippen LogP contribution >= 0.6 is 23.1 Å². The second kappa shape index (κ2) is 7.36. The number of nitrogens with zero attached hydrogens (tertiary/aromatic N) is 2. The van der Waals surface area contributed by atoms with Gasteiger partial charge in [-0.1, -0.05) is 35.5 Å². The van der Waals surface area contributed by atoms with Gasteiger partial charge in [0.25, 0.3) is 5.24 Å². The van der Waals surface area contributed by atoms with E-state index in [2.05, 4.69) is 42.3 Å². The fourth-order valence-corrected chi connectivity index (χ4v) is 4.18. The number of amides is 2. The zero-order valence-electron chi connectivity index (χ0n) is 13.7. The van der Waals surface area contributed by atoms with Crippen LogP contribution in [-0.2, 0) is 4.79 Å². The molecule has 24 heavy (non-hydrogen) atoms. The first-order valence-corrected chi connectivity index (χ1v) is 9.64. The highest BCUT2D eigenvalue weighted by atomic mass is 32.2. The monoisotopic (exact) mass is 361 g/mol. The maximum absolute atomic E-state index is 12.0. The van der Waals surface area contributed by atoms with Gasteiger partial charge in [0.1, 0.15) is 0 Å². The van der Waals surface area contributed by atoms with Crippen LogP contribution in [0.3, 0.4) is 0 Å². The van der Waals surface area contributed by atoms with Gasteiger partial charge in [0.05, 0.1) is 5.69 Å². The summed E-state index contributed by atoms with van der Waals surface area (Å²) >= 11 is 2.73. The summed E-state index contributed by atoms with van der Waals surface area (Å²) < 4.78 is 0. The second-order valence-corrected chi connectivity index (χ2v) is 7.66. The molecule has 0 spiro atoms. The predicted molar refractivity (Wildman–Crippen MR) is 99.7 cm³/mol. The zero-order chi connectivity index (χ0) is 17.1. The molecule has 1 aliphatic rings. The third-order valence-corrected chi connectivity index (χ3v) is 5.51. The van der Waals surface area contributed by atoms with Gasteiger partial charge in [-0.15, -0.1) is 11.3 Å². The minimum Gasteiger partial charge on any atom is -0.332 e. The largest absolute Gasteiger partial charge is 0.332 e. The molecule has 7 heteroatoms. The molecular weight excluding hydrogens is 342 g/mol. The van der Waals surface area contributed by atoms with Crippen molar-refractivity contribution >= 4 is 39.4 Å². The molecule has 5 nitrogen and oxygen atoms in total. The third-order valence-electron chi connectivity index (χ3n) is 3.86. The molecule has 1 aliphatic heterocycles. The Kier molecular flexibility index (Phi) is 5.20. The highest BCUT2D eigenvalue weighted by Gasteiger charge is 2.21. The highest BCUT2D eigenvalue weighted by Crippen LogP contribution is 2.28. The van der Waals surface area contributed by atoms with Gasteiger partial charge in [-0.25, -0.2) is 4.98 Å². The average molecular weight is 361 g/mol. The van der Waals surface area contributed by atoms with Gasteiger partial charge in [0.15, 0.2) is 5.13 Å². The smallest absolute Gasteiger partial charge is 0.281 e. The molecule has 2 amide bonds. The number of hydrogen-bond donors (Lipinski definition) is 1. The summed E-state index contributed by atoms with van der Waals surface area (Å²) in [7, 11) is 0. The van der Waals surface area contributed by atoms with Crippen molar-refractivity contribution in [2.45, 2.75) is 20.3 Å². The molecule has 0 radical (unpaired) electrons. The molecule has 1 aromatic carbocycles. The maximum atomic E-state index is 12.0. The number of nitrogens with one attached hydrogen (secondary N) is 1. The molecule has 0 bridgehead atoms. The zero-order valence-corrected chi connectivity index (χ0v) is 15.3. The molecule has 1 saturated heterocycles. The lowest BCUT2D eigenvalue weighted by Crippen LogP contribution is -2.27. The number of anilines is 1. The first-order chi connectivity index (χ1) is 11.5. The van der Waals surface area contributed by atoms with Crippen molar-refractivity contribution in [1.29, 1.82) is 0 Å². The molecule has 0 aliphatic carbocycles. The summed E-state index contributed by atoms with van der Waals surface area (Å²) in [5.74, 6) is 0.702. The molecule has 1 aromatic heterocycles. The summed E-state index contributed by atoms with van der Waals surface area (Å²) in [4.78, 5) is 29.8. The van der Waals surface area contributed by atoms with Gasteiger partial charge in [0.2, 0.25) is 5.91 Å². The fraction of sp³-hybridized carbons (Fsp3) is 0.353. The van der Waals surface area contributed by atoms with Gasteiger partial charge in [-0.3, -0.25) is 9.59 Å². The van der Waals surface area contributed by atoms with Crippen LogP contribution in [0.25, 0.3) is 11.3 Å². The van der Waals surface area contributed by atoms with Crippen molar-refractivity contribution in [1.82, 2.24) is 9.88 Å². The lowest BCUT2D eigenvalue weighted by Gasteiger charge is -2.13. The minimum absolute atomic E-state index is 0.0641. The normalized spacial score (nSPS) is 14.2. The van der Waals surface area contributed by atoms with Gasteiger partial charge < -0.3 is 10.2 Å². The predicted octanol–water partition coefficient (Wildman–Crippen LogP) is 3.92. The summed E-state index contributed by atoms with van der Waals surface area (Å²) in [5.41, 5.74) is 4.34. The number of aryl methyl sites for hydroxylation is 2. The van der Waals surface area contributed by atoms with Crippen molar-refractivity contribution in [3.05, 3.63) is 34.7 Å². The summed E-state index contributed by atoms with van der Waals surface area (Å²) in [6, 6.07) is 6.24. The van der Waals surface area contributed by atoms with Crippen molar-refractivity contribution in [3.63, 3.8) is 0 Å². The molecule has 2 aromatic rings. The lowest BCUT2D eigenvalue weighted by atomic mass is 10.0. The van der Waals surface area contributed by atoms with E-state index in [1.54, 1.807) is 4.90 Å². The van der Waals surface area contributed by atoms with Crippen molar-refractivity contribution in [2.75, 3.05) is 24.2 Å². The van der Waals surface area contributed by atoms with Crippen LogP contribution in [0.4, 0.5) is 9.93 Å². The van der Waals surface area contributed by atoms with E-state index in [0.29, 0.717) is 18.1 Å². The summed E-state index contributed by atoms with van der Waals surface area (Å²) in [5, 5.41) is 5.44. The third kappa shape index (κ3) is 3.96. The fourth-order valence-electron chi connectivity index (χ4n) is 2.60. The SMILES string of the molecule is Cc1ccc(-c2csc(NC(=O)CCN3CCSC3=O)n2)c(C)c1.